The van der Waals surface area contributed by atoms with Crippen LogP contribution in [0.15, 0.2) is 42.5 Å². The lowest BCUT2D eigenvalue weighted by Crippen LogP contribution is -2.60. The van der Waals surface area contributed by atoms with Crippen LogP contribution in [0.1, 0.15) is 74.7 Å². The largest absolute Gasteiger partial charge is 0.491 e. The smallest absolute Gasteiger partial charge is 0.252 e. The molecular weight excluding hydrogens is 516 g/mol. The Balaban J connectivity index is 1.32. The summed E-state index contributed by atoms with van der Waals surface area (Å²) in [5.74, 6) is 1.000. The van der Waals surface area contributed by atoms with Crippen molar-refractivity contribution in [3.05, 3.63) is 53.6 Å². The summed E-state index contributed by atoms with van der Waals surface area (Å²) in [5.41, 5.74) is 4.21. The van der Waals surface area contributed by atoms with Crippen molar-refractivity contribution < 1.29 is 19.1 Å². The van der Waals surface area contributed by atoms with Gasteiger partial charge in [-0.15, -0.1) is 0 Å². The fraction of sp³-hybridized carbons (Fsp3) is 0.485. The number of hydrogen-bond acceptors (Lipinski definition) is 4. The van der Waals surface area contributed by atoms with Crippen LogP contribution < -0.4 is 10.1 Å². The Bertz CT molecular complexity index is 1490. The van der Waals surface area contributed by atoms with Crippen molar-refractivity contribution in [1.29, 1.82) is 0 Å². The molecule has 8 heteroatoms. The Labute approximate surface area is 241 Å². The summed E-state index contributed by atoms with van der Waals surface area (Å²) in [6.07, 6.45) is 6.11. The Morgan fingerprint density at radius 1 is 0.902 bits per heavy atom. The monoisotopic (exact) mass is 556 g/mol. The lowest BCUT2D eigenvalue weighted by molar-refractivity contribution is -0.142. The maximum Gasteiger partial charge on any atom is 0.252 e. The van der Waals surface area contributed by atoms with E-state index in [1.54, 1.807) is 30.6 Å². The molecule has 3 amide bonds. The SMILES string of the molecule is CC(=O)N1CCN(C(=O)C(C)(C)NC(=O)c2ccc3c(C4CCCCC4)c4n(c3c2)CCOc2ccccc2-4)CC1. The fourth-order valence-electron chi connectivity index (χ4n) is 6.91. The van der Waals surface area contributed by atoms with E-state index >= 15 is 0 Å². The summed E-state index contributed by atoms with van der Waals surface area (Å²) < 4.78 is 8.50. The molecule has 0 spiro atoms. The number of piperazine rings is 1. The molecule has 2 aliphatic heterocycles. The molecule has 0 atom stereocenters. The molecule has 8 nitrogen and oxygen atoms in total. The maximum absolute atomic E-state index is 13.6. The van der Waals surface area contributed by atoms with Crippen LogP contribution in [0.3, 0.4) is 0 Å². The number of nitrogens with one attached hydrogen (secondary N) is 1. The quantitative estimate of drug-likeness (QED) is 0.493. The van der Waals surface area contributed by atoms with E-state index in [4.69, 9.17) is 4.74 Å². The number of rotatable bonds is 4. The van der Waals surface area contributed by atoms with Gasteiger partial charge in [-0.3, -0.25) is 14.4 Å². The van der Waals surface area contributed by atoms with E-state index in [-0.39, 0.29) is 17.7 Å². The van der Waals surface area contributed by atoms with Gasteiger partial charge in [0.2, 0.25) is 11.8 Å². The lowest BCUT2D eigenvalue weighted by Gasteiger charge is -2.38. The third kappa shape index (κ3) is 5.09. The van der Waals surface area contributed by atoms with Gasteiger partial charge in [-0.2, -0.15) is 0 Å². The molecule has 3 aliphatic rings. The normalized spacial score (nSPS) is 17.8. The van der Waals surface area contributed by atoms with Crippen LogP contribution >= 0.6 is 0 Å². The first-order valence-corrected chi connectivity index (χ1v) is 15.0. The van der Waals surface area contributed by atoms with Gasteiger partial charge in [-0.05, 0) is 62.4 Å². The summed E-state index contributed by atoms with van der Waals surface area (Å²) in [6, 6.07) is 14.3. The molecule has 216 valence electrons. The van der Waals surface area contributed by atoms with Crippen LogP contribution in [-0.4, -0.2) is 70.4 Å². The van der Waals surface area contributed by atoms with E-state index in [9.17, 15) is 14.4 Å². The average Bonchev–Trinajstić information content (AvgIpc) is 3.18. The van der Waals surface area contributed by atoms with Crippen LogP contribution in [0.25, 0.3) is 22.2 Å². The van der Waals surface area contributed by atoms with Gasteiger partial charge in [-0.25, -0.2) is 0 Å². The van der Waals surface area contributed by atoms with E-state index in [1.165, 1.54) is 48.7 Å². The minimum atomic E-state index is -1.08. The Morgan fingerprint density at radius 2 is 1.61 bits per heavy atom. The zero-order valence-corrected chi connectivity index (χ0v) is 24.4. The van der Waals surface area contributed by atoms with Crippen LogP contribution in [-0.2, 0) is 16.1 Å². The third-order valence-electron chi connectivity index (χ3n) is 9.07. The van der Waals surface area contributed by atoms with Crippen LogP contribution in [0, 0.1) is 0 Å². The van der Waals surface area contributed by atoms with E-state index in [2.05, 4.69) is 28.1 Å². The molecule has 41 heavy (non-hydrogen) atoms. The van der Waals surface area contributed by atoms with E-state index in [0.717, 1.165) is 16.8 Å². The second kappa shape index (κ2) is 10.9. The highest BCUT2D eigenvalue weighted by Crippen LogP contribution is 2.47. The molecule has 1 aromatic heterocycles. The summed E-state index contributed by atoms with van der Waals surface area (Å²) in [4.78, 5) is 42.2. The molecule has 0 unspecified atom stereocenters. The summed E-state index contributed by atoms with van der Waals surface area (Å²) in [5, 5.41) is 4.21. The van der Waals surface area contributed by atoms with Gasteiger partial charge in [-0.1, -0.05) is 37.5 Å². The van der Waals surface area contributed by atoms with E-state index in [1.807, 2.05) is 24.3 Å². The zero-order chi connectivity index (χ0) is 28.7. The first-order chi connectivity index (χ1) is 19.7. The van der Waals surface area contributed by atoms with Crippen LogP contribution in [0.4, 0.5) is 0 Å². The van der Waals surface area contributed by atoms with Gasteiger partial charge in [0.1, 0.15) is 17.9 Å². The van der Waals surface area contributed by atoms with Gasteiger partial charge in [0.25, 0.3) is 5.91 Å². The van der Waals surface area contributed by atoms with Crippen molar-refractivity contribution in [3.8, 4) is 17.0 Å². The molecule has 0 bridgehead atoms. The van der Waals surface area contributed by atoms with E-state index < -0.39 is 5.54 Å². The van der Waals surface area contributed by atoms with Crippen molar-refractivity contribution in [1.82, 2.24) is 19.7 Å². The van der Waals surface area contributed by atoms with Crippen molar-refractivity contribution >= 4 is 28.6 Å². The Hall–Kier alpha value is -3.81. The molecule has 2 fully saturated rings. The maximum atomic E-state index is 13.6. The number of aromatic nitrogens is 1. The van der Waals surface area contributed by atoms with Gasteiger partial charge in [0.05, 0.1) is 12.2 Å². The first kappa shape index (κ1) is 27.4. The first-order valence-electron chi connectivity index (χ1n) is 15.0. The highest BCUT2D eigenvalue weighted by Gasteiger charge is 2.36. The van der Waals surface area contributed by atoms with Crippen molar-refractivity contribution in [2.45, 2.75) is 70.9 Å². The highest BCUT2D eigenvalue weighted by atomic mass is 16.5. The number of hydrogen-bond donors (Lipinski definition) is 1. The van der Waals surface area contributed by atoms with Gasteiger partial charge in [0.15, 0.2) is 0 Å². The molecule has 3 aromatic rings. The van der Waals surface area contributed by atoms with Crippen LogP contribution in [0.2, 0.25) is 0 Å². The zero-order valence-electron chi connectivity index (χ0n) is 24.4. The number of carbonyl (C=O) groups excluding carboxylic acids is 3. The molecule has 2 aromatic carbocycles. The molecule has 1 N–H and O–H groups in total. The molecule has 6 rings (SSSR count). The number of carbonyl (C=O) groups is 3. The lowest BCUT2D eigenvalue weighted by atomic mass is 9.81. The predicted octanol–water partition coefficient (Wildman–Crippen LogP) is 4.95. The molecule has 0 radical (unpaired) electrons. The van der Waals surface area contributed by atoms with Gasteiger partial charge in [0, 0.05) is 55.1 Å². The standard InChI is InChI=1S/C33H40N4O4/c1-22(38)35-15-17-36(18-16-35)32(40)33(2,3)34-31(39)24-13-14-25-27(21-24)37-19-20-41-28-12-8-7-11-26(28)30(37)29(25)23-9-5-4-6-10-23/h7-8,11-14,21,23H,4-6,9-10,15-20H2,1-3H3,(H,34,39). The Kier molecular flexibility index (Phi) is 7.26. The predicted molar refractivity (Wildman–Crippen MR) is 159 cm³/mol. The molecular formula is C33H40N4O4. The number of amides is 3. The van der Waals surface area contributed by atoms with Crippen molar-refractivity contribution in [3.63, 3.8) is 0 Å². The Morgan fingerprint density at radius 3 is 2.34 bits per heavy atom. The van der Waals surface area contributed by atoms with E-state index in [0.29, 0.717) is 50.8 Å². The number of ether oxygens (including phenoxy) is 1. The summed E-state index contributed by atoms with van der Waals surface area (Å²) >= 11 is 0. The minimum Gasteiger partial charge on any atom is -0.491 e. The molecule has 1 saturated carbocycles. The van der Waals surface area contributed by atoms with Crippen molar-refractivity contribution in [2.24, 2.45) is 0 Å². The minimum absolute atomic E-state index is 0.0185. The van der Waals surface area contributed by atoms with Crippen molar-refractivity contribution in [2.75, 3.05) is 32.8 Å². The van der Waals surface area contributed by atoms with Crippen LogP contribution in [0.5, 0.6) is 5.75 Å². The second-order valence-electron chi connectivity index (χ2n) is 12.2. The second-order valence-corrected chi connectivity index (χ2v) is 12.2. The highest BCUT2D eigenvalue weighted by molar-refractivity contribution is 6.03. The van der Waals surface area contributed by atoms with Gasteiger partial charge < -0.3 is 24.4 Å². The third-order valence-corrected chi connectivity index (χ3v) is 9.07. The number of para-hydroxylation sites is 1. The summed E-state index contributed by atoms with van der Waals surface area (Å²) in [7, 11) is 0. The fourth-order valence-corrected chi connectivity index (χ4v) is 6.91. The molecule has 1 aliphatic carbocycles. The molecule has 3 heterocycles. The average molecular weight is 557 g/mol. The number of fused-ring (bicyclic) bond motifs is 5. The summed E-state index contributed by atoms with van der Waals surface area (Å²) in [6.45, 7) is 8.27. The number of benzene rings is 2. The molecule has 1 saturated heterocycles. The topological polar surface area (TPSA) is 83.9 Å². The van der Waals surface area contributed by atoms with Gasteiger partial charge >= 0.3 is 0 Å². The number of nitrogens with zero attached hydrogens (tertiary/aromatic N) is 3.